The molecule has 1 aliphatic heterocycles. The summed E-state index contributed by atoms with van der Waals surface area (Å²) in [6.45, 7) is -0.151. The van der Waals surface area contributed by atoms with Crippen LogP contribution in [0.15, 0.2) is 41.3 Å². The lowest BCUT2D eigenvalue weighted by Gasteiger charge is -2.43. The van der Waals surface area contributed by atoms with Crippen molar-refractivity contribution < 1.29 is 58.2 Å². The van der Waals surface area contributed by atoms with E-state index in [4.69, 9.17) is 0 Å². The Bertz CT molecular complexity index is 1560. The third-order valence-corrected chi connectivity index (χ3v) is 11.7. The predicted octanol–water partition coefficient (Wildman–Crippen LogP) is 5.62. The first-order chi connectivity index (χ1) is 20.4. The minimum Gasteiger partial charge on any atom is -0.481 e. The molecule has 1 amide bonds. The number of hydrogen-bond donors (Lipinski definition) is 1. The Labute approximate surface area is 246 Å². The number of sulfone groups is 1. The molecule has 1 aromatic heterocycles. The monoisotopic (exact) mass is 654 g/mol. The molecular weight excluding hydrogens is 628 g/mol. The molecule has 240 valence electrons. The average molecular weight is 655 g/mol. The number of alkyl halides is 7. The van der Waals surface area contributed by atoms with Gasteiger partial charge in [0.2, 0.25) is 5.91 Å². The number of carbonyl (C=O) groups is 2. The molecule has 0 bridgehead atoms. The van der Waals surface area contributed by atoms with E-state index in [1.165, 1.54) is 4.90 Å². The molecule has 2 fully saturated rings. The first kappa shape index (κ1) is 32.1. The number of fused-ring (bicyclic) bond motifs is 3. The predicted molar refractivity (Wildman–Crippen MR) is 136 cm³/mol. The van der Waals surface area contributed by atoms with Crippen molar-refractivity contribution in [2.24, 2.45) is 11.8 Å². The van der Waals surface area contributed by atoms with Crippen LogP contribution in [-0.2, 0) is 36.3 Å². The molecule has 2 aliphatic carbocycles. The van der Waals surface area contributed by atoms with Crippen molar-refractivity contribution in [2.75, 3.05) is 6.54 Å². The highest BCUT2D eigenvalue weighted by Gasteiger charge is 2.75. The summed E-state index contributed by atoms with van der Waals surface area (Å²) in [5, 5.41) is 9.29. The molecule has 1 aromatic carbocycles. The van der Waals surface area contributed by atoms with Crippen LogP contribution in [0.3, 0.4) is 0 Å². The molecule has 1 saturated carbocycles. The largest absolute Gasteiger partial charge is 0.481 e. The van der Waals surface area contributed by atoms with Gasteiger partial charge in [0.1, 0.15) is 10.6 Å². The number of aryl methyl sites for hydroxylation is 1. The Kier molecular flexibility index (Phi) is 7.77. The topological polar surface area (TPSA) is 105 Å². The average Bonchev–Trinajstić information content (AvgIpc) is 3.37. The number of benzene rings is 1. The molecule has 2 atom stereocenters. The zero-order valence-corrected chi connectivity index (χ0v) is 23.6. The number of carbonyl (C=O) groups excluding carboxylic acids is 1. The molecule has 2 unspecified atom stereocenters. The van der Waals surface area contributed by atoms with Gasteiger partial charge in [0.15, 0.2) is 9.84 Å². The maximum absolute atomic E-state index is 14.9. The molecular formula is C28H26F8N2O5S. The summed E-state index contributed by atoms with van der Waals surface area (Å²) in [5.41, 5.74) is -8.58. The number of amides is 1. The van der Waals surface area contributed by atoms with Crippen LogP contribution in [-0.4, -0.2) is 60.2 Å². The zero-order chi connectivity index (χ0) is 32.5. The van der Waals surface area contributed by atoms with Crippen molar-refractivity contribution in [1.82, 2.24) is 9.88 Å². The summed E-state index contributed by atoms with van der Waals surface area (Å²) in [6.07, 6.45) is -12.9. The van der Waals surface area contributed by atoms with Crippen LogP contribution in [0, 0.1) is 17.7 Å². The van der Waals surface area contributed by atoms with Gasteiger partial charge in [-0.15, -0.1) is 0 Å². The van der Waals surface area contributed by atoms with Crippen molar-refractivity contribution in [2.45, 2.75) is 78.7 Å². The van der Waals surface area contributed by atoms with Gasteiger partial charge in [-0.1, -0.05) is 6.07 Å². The number of likely N-dealkylation sites (tertiary alicyclic amines) is 1. The molecule has 7 nitrogen and oxygen atoms in total. The highest BCUT2D eigenvalue weighted by Crippen LogP contribution is 2.56. The Hall–Kier alpha value is -3.30. The first-order valence-electron chi connectivity index (χ1n) is 13.7. The number of hydrogen-bond acceptors (Lipinski definition) is 5. The fourth-order valence-electron chi connectivity index (χ4n) is 6.93. The van der Waals surface area contributed by atoms with E-state index in [9.17, 15) is 58.2 Å². The number of halogens is 8. The minimum atomic E-state index is -6.43. The number of aliphatic carboxylic acids is 1. The van der Waals surface area contributed by atoms with Crippen LogP contribution < -0.4 is 0 Å². The molecule has 1 saturated heterocycles. The van der Waals surface area contributed by atoms with E-state index < -0.39 is 84.5 Å². The van der Waals surface area contributed by atoms with Gasteiger partial charge >= 0.3 is 24.0 Å². The van der Waals surface area contributed by atoms with E-state index in [0.717, 1.165) is 24.3 Å². The van der Waals surface area contributed by atoms with Crippen LogP contribution in [0.5, 0.6) is 0 Å². The molecule has 44 heavy (non-hydrogen) atoms. The van der Waals surface area contributed by atoms with Gasteiger partial charge in [0.05, 0.1) is 22.5 Å². The molecule has 0 radical (unpaired) electrons. The van der Waals surface area contributed by atoms with E-state index in [-0.39, 0.29) is 63.1 Å². The Morgan fingerprint density at radius 3 is 1.98 bits per heavy atom. The van der Waals surface area contributed by atoms with Gasteiger partial charge < -0.3 is 10.0 Å². The van der Waals surface area contributed by atoms with Crippen LogP contribution in [0.1, 0.15) is 55.5 Å². The SMILES string of the molecule is O=C(O)C1CCC(C(=O)N2CCC3(S(=O)(=O)c4ccc(F)cc4)c4ccc(C(F)(C(F)(F)F)C(F)(F)F)nc4CCC23)CC1. The fraction of sp³-hybridized carbons (Fsp3) is 0.536. The summed E-state index contributed by atoms with van der Waals surface area (Å²) in [6, 6.07) is 3.39. The number of carboxylic acids is 1. The Morgan fingerprint density at radius 2 is 1.43 bits per heavy atom. The Morgan fingerprint density at radius 1 is 0.864 bits per heavy atom. The van der Waals surface area contributed by atoms with Crippen molar-refractivity contribution in [3.63, 3.8) is 0 Å². The summed E-state index contributed by atoms with van der Waals surface area (Å²) in [7, 11) is -4.63. The molecule has 1 N–H and O–H groups in total. The van der Waals surface area contributed by atoms with E-state index in [2.05, 4.69) is 4.98 Å². The van der Waals surface area contributed by atoms with Crippen LogP contribution in [0.4, 0.5) is 35.1 Å². The second-order valence-corrected chi connectivity index (χ2v) is 13.6. The van der Waals surface area contributed by atoms with E-state index in [1.54, 1.807) is 0 Å². The molecule has 2 aromatic rings. The minimum absolute atomic E-state index is 0.151. The molecule has 3 aliphatic rings. The van der Waals surface area contributed by atoms with Gasteiger partial charge in [0, 0.05) is 18.2 Å². The zero-order valence-electron chi connectivity index (χ0n) is 22.8. The van der Waals surface area contributed by atoms with Crippen LogP contribution in [0.2, 0.25) is 0 Å². The van der Waals surface area contributed by atoms with Crippen molar-refractivity contribution in [1.29, 1.82) is 0 Å². The highest BCUT2D eigenvalue weighted by molar-refractivity contribution is 7.92. The van der Waals surface area contributed by atoms with Gasteiger partial charge in [-0.05, 0) is 80.8 Å². The van der Waals surface area contributed by atoms with E-state index >= 15 is 0 Å². The third kappa shape index (κ3) is 4.74. The van der Waals surface area contributed by atoms with Crippen molar-refractivity contribution in [3.8, 4) is 0 Å². The van der Waals surface area contributed by atoms with Crippen molar-refractivity contribution >= 4 is 21.7 Å². The van der Waals surface area contributed by atoms with E-state index in [1.807, 2.05) is 0 Å². The number of nitrogens with zero attached hydrogens (tertiary/aromatic N) is 2. The summed E-state index contributed by atoms with van der Waals surface area (Å²) in [5.74, 6) is -3.46. The van der Waals surface area contributed by atoms with Gasteiger partial charge in [-0.3, -0.25) is 14.6 Å². The molecule has 5 rings (SSSR count). The van der Waals surface area contributed by atoms with Crippen molar-refractivity contribution in [3.05, 3.63) is 59.2 Å². The lowest BCUT2D eigenvalue weighted by atomic mass is 9.79. The Balaban J connectivity index is 1.62. The van der Waals surface area contributed by atoms with Gasteiger partial charge in [-0.25, -0.2) is 17.2 Å². The fourth-order valence-corrected chi connectivity index (χ4v) is 9.28. The van der Waals surface area contributed by atoms with Crippen LogP contribution >= 0.6 is 0 Å². The molecule has 2 heterocycles. The summed E-state index contributed by atoms with van der Waals surface area (Å²) in [4.78, 5) is 29.4. The lowest BCUT2D eigenvalue weighted by molar-refractivity contribution is -0.350. The second-order valence-electron chi connectivity index (χ2n) is 11.4. The molecule has 0 spiro atoms. The first-order valence-corrected chi connectivity index (χ1v) is 15.2. The standard InChI is InChI=1S/C28H26F8N2O5S/c29-17-5-7-18(8-6-17)44(42,43)25-13-14-38(23(39)15-1-3-16(4-2-15)24(40)41)22(25)12-10-20-19(25)9-11-21(37-20)26(30,27(31,32)33)28(34,35)36/h5-9,11,15-16,22H,1-4,10,12-14H2,(H,40,41). The molecule has 16 heteroatoms. The number of aromatic nitrogens is 1. The van der Waals surface area contributed by atoms with Gasteiger partial charge in [0.25, 0.3) is 0 Å². The number of carboxylic acid groups (broad SMARTS) is 1. The van der Waals surface area contributed by atoms with Gasteiger partial charge in [-0.2, -0.15) is 26.3 Å². The quantitative estimate of drug-likeness (QED) is 0.332. The number of pyridine rings is 1. The summed E-state index contributed by atoms with van der Waals surface area (Å²) < 4.78 is 136. The lowest BCUT2D eigenvalue weighted by Crippen LogP contribution is -2.54. The highest BCUT2D eigenvalue weighted by atomic mass is 32.2. The third-order valence-electron chi connectivity index (χ3n) is 9.17. The van der Waals surface area contributed by atoms with E-state index in [0.29, 0.717) is 6.07 Å². The normalized spacial score (nSPS) is 26.2. The number of rotatable bonds is 5. The maximum Gasteiger partial charge on any atom is 0.437 e. The van der Waals surface area contributed by atoms with Crippen LogP contribution in [0.25, 0.3) is 0 Å². The smallest absolute Gasteiger partial charge is 0.437 e. The second kappa shape index (κ2) is 10.7. The maximum atomic E-state index is 14.9. The summed E-state index contributed by atoms with van der Waals surface area (Å²) >= 11 is 0.